The van der Waals surface area contributed by atoms with E-state index in [0.717, 1.165) is 30.0 Å². The van der Waals surface area contributed by atoms with Gasteiger partial charge in [-0.3, -0.25) is 4.79 Å². The number of hydrogen-bond acceptors (Lipinski definition) is 4. The standard InChI is InChI=1S/C21H28N4O.2ClH/c1-21(22,18-9-5-4-6-10-18)20(26)24-16-17-11-12-19(23-15-17)25-13-7-2-3-8-14-25;;/h4-6,9-12,15H,2-3,7-8,13-14,16,22H2,1H3,(H,24,26);2*1H. The number of halogens is 2. The second kappa shape index (κ2) is 11.2. The predicted octanol–water partition coefficient (Wildman–Crippen LogP) is 3.80. The summed E-state index contributed by atoms with van der Waals surface area (Å²) in [6.45, 7) is 4.31. The smallest absolute Gasteiger partial charge is 0.244 e. The van der Waals surface area contributed by atoms with Crippen LogP contribution >= 0.6 is 24.8 Å². The number of nitrogens with zero attached hydrogens (tertiary/aromatic N) is 2. The minimum Gasteiger partial charge on any atom is -0.357 e. The molecule has 0 spiro atoms. The van der Waals surface area contributed by atoms with Crippen molar-refractivity contribution in [1.29, 1.82) is 0 Å². The summed E-state index contributed by atoms with van der Waals surface area (Å²) in [7, 11) is 0. The molecule has 1 aromatic carbocycles. The molecule has 0 aliphatic carbocycles. The summed E-state index contributed by atoms with van der Waals surface area (Å²) in [6.07, 6.45) is 6.92. The molecule has 154 valence electrons. The first-order valence-electron chi connectivity index (χ1n) is 9.40. The van der Waals surface area contributed by atoms with Crippen LogP contribution in [0.25, 0.3) is 0 Å². The zero-order valence-electron chi connectivity index (χ0n) is 16.3. The molecule has 1 saturated heterocycles. The van der Waals surface area contributed by atoms with E-state index in [1.807, 2.05) is 48.7 Å². The SMILES string of the molecule is CC(N)(C(=O)NCc1ccc(N2CCCCCC2)nc1)c1ccccc1.Cl.Cl. The number of aromatic nitrogens is 1. The summed E-state index contributed by atoms with van der Waals surface area (Å²) in [6, 6.07) is 13.5. The monoisotopic (exact) mass is 424 g/mol. The molecule has 0 radical (unpaired) electrons. The van der Waals surface area contributed by atoms with Gasteiger partial charge in [0, 0.05) is 25.8 Å². The lowest BCUT2D eigenvalue weighted by atomic mass is 9.92. The lowest BCUT2D eigenvalue weighted by Crippen LogP contribution is -2.48. The predicted molar refractivity (Wildman–Crippen MR) is 119 cm³/mol. The van der Waals surface area contributed by atoms with E-state index in [1.165, 1.54) is 25.7 Å². The van der Waals surface area contributed by atoms with Gasteiger partial charge in [0.05, 0.1) is 0 Å². The minimum absolute atomic E-state index is 0. The summed E-state index contributed by atoms with van der Waals surface area (Å²) in [5, 5.41) is 2.93. The van der Waals surface area contributed by atoms with Crippen molar-refractivity contribution >= 4 is 36.5 Å². The molecule has 1 atom stereocenters. The van der Waals surface area contributed by atoms with Crippen molar-refractivity contribution in [2.45, 2.75) is 44.7 Å². The van der Waals surface area contributed by atoms with Gasteiger partial charge in [-0.25, -0.2) is 4.98 Å². The van der Waals surface area contributed by atoms with Crippen molar-refractivity contribution in [1.82, 2.24) is 10.3 Å². The number of amides is 1. The van der Waals surface area contributed by atoms with Crippen LogP contribution in [0.4, 0.5) is 5.82 Å². The van der Waals surface area contributed by atoms with E-state index < -0.39 is 5.54 Å². The van der Waals surface area contributed by atoms with Crippen molar-refractivity contribution in [3.05, 3.63) is 59.8 Å². The van der Waals surface area contributed by atoms with Gasteiger partial charge < -0.3 is 16.0 Å². The number of pyridine rings is 1. The lowest BCUT2D eigenvalue weighted by molar-refractivity contribution is -0.126. The third-order valence-electron chi connectivity index (χ3n) is 5.04. The van der Waals surface area contributed by atoms with Gasteiger partial charge in [0.15, 0.2) is 0 Å². The van der Waals surface area contributed by atoms with Crippen molar-refractivity contribution in [3.63, 3.8) is 0 Å². The third-order valence-corrected chi connectivity index (χ3v) is 5.04. The van der Waals surface area contributed by atoms with Gasteiger partial charge in [-0.15, -0.1) is 24.8 Å². The van der Waals surface area contributed by atoms with E-state index in [-0.39, 0.29) is 30.7 Å². The summed E-state index contributed by atoms with van der Waals surface area (Å²) < 4.78 is 0. The van der Waals surface area contributed by atoms with Gasteiger partial charge in [0.1, 0.15) is 11.4 Å². The molecule has 1 fully saturated rings. The molecule has 0 bridgehead atoms. The highest BCUT2D eigenvalue weighted by Gasteiger charge is 2.29. The van der Waals surface area contributed by atoms with Crippen LogP contribution in [0.15, 0.2) is 48.7 Å². The van der Waals surface area contributed by atoms with Gasteiger partial charge in [-0.1, -0.05) is 49.2 Å². The fourth-order valence-electron chi connectivity index (χ4n) is 3.29. The highest BCUT2D eigenvalue weighted by Crippen LogP contribution is 2.19. The molecular weight excluding hydrogens is 395 g/mol. The molecule has 1 unspecified atom stereocenters. The number of nitrogens with one attached hydrogen (secondary N) is 1. The average molecular weight is 425 g/mol. The first kappa shape index (κ1) is 24.2. The van der Waals surface area contributed by atoms with Crippen molar-refractivity contribution < 1.29 is 4.79 Å². The Bertz CT molecular complexity index is 715. The Kier molecular flexibility index (Phi) is 9.73. The van der Waals surface area contributed by atoms with Crippen LogP contribution in [0.3, 0.4) is 0 Å². The van der Waals surface area contributed by atoms with Crippen LogP contribution in [-0.4, -0.2) is 24.0 Å². The Morgan fingerprint density at radius 2 is 1.71 bits per heavy atom. The van der Waals surface area contributed by atoms with E-state index >= 15 is 0 Å². The van der Waals surface area contributed by atoms with Crippen LogP contribution in [0.2, 0.25) is 0 Å². The zero-order valence-corrected chi connectivity index (χ0v) is 17.9. The first-order valence-corrected chi connectivity index (χ1v) is 9.40. The van der Waals surface area contributed by atoms with Crippen molar-refractivity contribution in [2.75, 3.05) is 18.0 Å². The van der Waals surface area contributed by atoms with E-state index in [4.69, 9.17) is 5.73 Å². The summed E-state index contributed by atoms with van der Waals surface area (Å²) in [5.41, 5.74) is 6.96. The quantitative estimate of drug-likeness (QED) is 0.765. The molecule has 1 aliphatic rings. The largest absolute Gasteiger partial charge is 0.357 e. The first-order chi connectivity index (χ1) is 12.6. The highest BCUT2D eigenvalue weighted by atomic mass is 35.5. The number of hydrogen-bond donors (Lipinski definition) is 2. The lowest BCUT2D eigenvalue weighted by Gasteiger charge is -2.24. The fraction of sp³-hybridized carbons (Fsp3) is 0.429. The summed E-state index contributed by atoms with van der Waals surface area (Å²) in [5.74, 6) is 0.829. The number of benzene rings is 1. The van der Waals surface area contributed by atoms with Crippen LogP contribution in [0, 0.1) is 0 Å². The molecular formula is C21H30Cl2N4O. The maximum absolute atomic E-state index is 12.5. The molecule has 2 aromatic rings. The van der Waals surface area contributed by atoms with E-state index in [9.17, 15) is 4.79 Å². The topological polar surface area (TPSA) is 71.2 Å². The van der Waals surface area contributed by atoms with Crippen LogP contribution in [0.1, 0.15) is 43.7 Å². The molecule has 1 aromatic heterocycles. The molecule has 7 heteroatoms. The van der Waals surface area contributed by atoms with Gasteiger partial charge in [0.25, 0.3) is 0 Å². The van der Waals surface area contributed by atoms with Crippen molar-refractivity contribution in [3.8, 4) is 0 Å². The number of anilines is 1. The van der Waals surface area contributed by atoms with Crippen molar-refractivity contribution in [2.24, 2.45) is 5.73 Å². The maximum atomic E-state index is 12.5. The molecule has 2 heterocycles. The fourth-order valence-corrected chi connectivity index (χ4v) is 3.29. The van der Waals surface area contributed by atoms with Crippen LogP contribution in [-0.2, 0) is 16.9 Å². The Morgan fingerprint density at radius 1 is 1.07 bits per heavy atom. The number of nitrogens with two attached hydrogens (primary N) is 1. The molecule has 28 heavy (non-hydrogen) atoms. The number of carbonyl (C=O) groups is 1. The maximum Gasteiger partial charge on any atom is 0.244 e. The normalized spacial score (nSPS) is 16.0. The molecule has 0 saturated carbocycles. The third kappa shape index (κ3) is 6.09. The number of carbonyl (C=O) groups excluding carboxylic acids is 1. The molecule has 1 amide bonds. The minimum atomic E-state index is -1.05. The summed E-state index contributed by atoms with van der Waals surface area (Å²) >= 11 is 0. The van der Waals surface area contributed by atoms with Crippen LogP contribution < -0.4 is 16.0 Å². The highest BCUT2D eigenvalue weighted by molar-refractivity contribution is 5.87. The summed E-state index contributed by atoms with van der Waals surface area (Å²) in [4.78, 5) is 19.5. The van der Waals surface area contributed by atoms with E-state index in [1.54, 1.807) is 6.92 Å². The molecule has 5 nitrogen and oxygen atoms in total. The van der Waals surface area contributed by atoms with Gasteiger partial charge >= 0.3 is 0 Å². The molecule has 1 aliphatic heterocycles. The second-order valence-corrected chi connectivity index (χ2v) is 7.18. The Labute approximate surface area is 179 Å². The molecule has 3 rings (SSSR count). The Morgan fingerprint density at radius 3 is 2.29 bits per heavy atom. The van der Waals surface area contributed by atoms with Gasteiger partial charge in [-0.05, 0) is 37.0 Å². The van der Waals surface area contributed by atoms with Gasteiger partial charge in [-0.2, -0.15) is 0 Å². The average Bonchev–Trinajstić information content (AvgIpc) is 2.96. The molecule has 3 N–H and O–H groups in total. The van der Waals surface area contributed by atoms with Gasteiger partial charge in [0.2, 0.25) is 5.91 Å². The second-order valence-electron chi connectivity index (χ2n) is 7.18. The number of rotatable bonds is 5. The van der Waals surface area contributed by atoms with E-state index in [2.05, 4.69) is 15.2 Å². The zero-order chi connectivity index (χ0) is 18.4. The van der Waals surface area contributed by atoms with E-state index in [0.29, 0.717) is 6.54 Å². The Balaban J connectivity index is 0.00000196. The Hall–Kier alpha value is -1.82. The van der Waals surface area contributed by atoms with Crippen LogP contribution in [0.5, 0.6) is 0 Å².